The van der Waals surface area contributed by atoms with E-state index in [1.165, 1.54) is 6.07 Å². The van der Waals surface area contributed by atoms with Gasteiger partial charge in [-0.15, -0.1) is 0 Å². The summed E-state index contributed by atoms with van der Waals surface area (Å²) in [6.07, 6.45) is 1.63. The Kier molecular flexibility index (Phi) is 4.12. The van der Waals surface area contributed by atoms with Crippen molar-refractivity contribution < 1.29 is 17.1 Å². The van der Waals surface area contributed by atoms with E-state index < -0.39 is 10.1 Å². The van der Waals surface area contributed by atoms with Crippen LogP contribution in [-0.2, 0) is 10.1 Å². The minimum absolute atomic E-state index is 0.0258. The van der Waals surface area contributed by atoms with Crippen molar-refractivity contribution in [3.63, 3.8) is 0 Å². The molecule has 0 amide bonds. The molecular weight excluding hydrogens is 366 g/mol. The lowest BCUT2D eigenvalue weighted by atomic mass is 10.2. The van der Waals surface area contributed by atoms with E-state index in [9.17, 15) is 8.42 Å². The Morgan fingerprint density at radius 3 is 2.52 bits per heavy atom. The molecule has 8 heteroatoms. The topological polar surface area (TPSA) is 95.2 Å². The van der Waals surface area contributed by atoms with Gasteiger partial charge in [0.25, 0.3) is 0 Å². The van der Waals surface area contributed by atoms with Crippen molar-refractivity contribution in [2.24, 2.45) is 0 Å². The van der Waals surface area contributed by atoms with Gasteiger partial charge in [-0.25, -0.2) is 0 Å². The molecule has 0 atom stereocenters. The number of aromatic nitrogens is 3. The molecule has 2 aromatic heterocycles. The zero-order chi connectivity index (χ0) is 19.0. The van der Waals surface area contributed by atoms with Gasteiger partial charge in [-0.3, -0.25) is 4.98 Å². The molecule has 0 aliphatic carbocycles. The van der Waals surface area contributed by atoms with Crippen LogP contribution < -0.4 is 4.18 Å². The Bertz CT molecular complexity index is 1230. The Balaban J connectivity index is 1.66. The molecule has 0 aliphatic rings. The van der Waals surface area contributed by atoms with Gasteiger partial charge >= 0.3 is 10.1 Å². The summed E-state index contributed by atoms with van der Waals surface area (Å²) >= 11 is 0. The monoisotopic (exact) mass is 381 g/mol. The number of fused-ring (bicyclic) bond motifs is 1. The summed E-state index contributed by atoms with van der Waals surface area (Å²) in [5.74, 6) is 1.06. The van der Waals surface area contributed by atoms with Gasteiger partial charge in [-0.2, -0.15) is 13.4 Å². The van der Waals surface area contributed by atoms with E-state index in [2.05, 4.69) is 15.1 Å². The molecule has 0 spiro atoms. The van der Waals surface area contributed by atoms with E-state index in [0.29, 0.717) is 22.8 Å². The summed E-state index contributed by atoms with van der Waals surface area (Å²) in [6.45, 7) is 3.59. The normalized spacial score (nSPS) is 11.6. The van der Waals surface area contributed by atoms with Crippen molar-refractivity contribution in [2.75, 3.05) is 0 Å². The summed E-state index contributed by atoms with van der Waals surface area (Å²) < 4.78 is 35.7. The molecule has 27 heavy (non-hydrogen) atoms. The van der Waals surface area contributed by atoms with Crippen molar-refractivity contribution in [3.8, 4) is 17.1 Å². The highest BCUT2D eigenvalue weighted by Crippen LogP contribution is 2.26. The first-order valence-electron chi connectivity index (χ1n) is 8.13. The minimum atomic E-state index is -4.04. The van der Waals surface area contributed by atoms with Crippen LogP contribution >= 0.6 is 0 Å². The van der Waals surface area contributed by atoms with Crippen LogP contribution in [0.15, 0.2) is 64.1 Å². The Morgan fingerprint density at radius 2 is 1.81 bits per heavy atom. The van der Waals surface area contributed by atoms with E-state index in [4.69, 9.17) is 8.71 Å². The highest BCUT2D eigenvalue weighted by Gasteiger charge is 2.21. The molecule has 0 saturated heterocycles. The Labute approximate surface area is 155 Å². The van der Waals surface area contributed by atoms with Gasteiger partial charge in [0.1, 0.15) is 10.6 Å². The van der Waals surface area contributed by atoms with E-state index in [-0.39, 0.29) is 10.6 Å². The maximum absolute atomic E-state index is 12.8. The van der Waals surface area contributed by atoms with E-state index in [0.717, 1.165) is 10.9 Å². The first-order valence-corrected chi connectivity index (χ1v) is 9.54. The third-order valence-electron chi connectivity index (χ3n) is 3.93. The average Bonchev–Trinajstić information content (AvgIpc) is 3.07. The van der Waals surface area contributed by atoms with Crippen LogP contribution in [0, 0.1) is 13.8 Å². The van der Waals surface area contributed by atoms with Gasteiger partial charge in [-0.1, -0.05) is 17.3 Å². The summed E-state index contributed by atoms with van der Waals surface area (Å²) in [4.78, 5) is 8.41. The highest BCUT2D eigenvalue weighted by atomic mass is 32.2. The average molecular weight is 381 g/mol. The largest absolute Gasteiger partial charge is 0.379 e. The van der Waals surface area contributed by atoms with Crippen LogP contribution in [-0.4, -0.2) is 23.5 Å². The molecule has 2 aromatic carbocycles. The number of aryl methyl sites for hydroxylation is 2. The maximum atomic E-state index is 12.8. The lowest BCUT2D eigenvalue weighted by molar-refractivity contribution is 0.394. The standard InChI is InChI=1S/C19H15N3O4S/c1-12-10-15-4-3-5-17(18(15)20-11-12)27(23,24)26-16-8-6-14(7-9-16)19-21-13(2)25-22-19/h3-11H,1-2H3. The molecule has 4 rings (SSSR count). The van der Waals surface area contributed by atoms with Gasteiger partial charge in [0.05, 0.1) is 5.52 Å². The first kappa shape index (κ1) is 17.2. The molecule has 0 radical (unpaired) electrons. The van der Waals surface area contributed by atoms with Gasteiger partial charge in [0, 0.05) is 24.1 Å². The van der Waals surface area contributed by atoms with E-state index >= 15 is 0 Å². The van der Waals surface area contributed by atoms with Crippen molar-refractivity contribution in [3.05, 3.63) is 66.2 Å². The highest BCUT2D eigenvalue weighted by molar-refractivity contribution is 7.87. The predicted octanol–water partition coefficient (Wildman–Crippen LogP) is 3.67. The molecule has 7 nitrogen and oxygen atoms in total. The summed E-state index contributed by atoms with van der Waals surface area (Å²) in [6, 6.07) is 13.3. The van der Waals surface area contributed by atoms with Gasteiger partial charge in [-0.05, 0) is 48.9 Å². The van der Waals surface area contributed by atoms with Crippen LogP contribution in [0.5, 0.6) is 5.75 Å². The Morgan fingerprint density at radius 1 is 1.04 bits per heavy atom. The fourth-order valence-corrected chi connectivity index (χ4v) is 3.80. The van der Waals surface area contributed by atoms with Crippen LogP contribution in [0.1, 0.15) is 11.5 Å². The third kappa shape index (κ3) is 3.39. The number of pyridine rings is 1. The van der Waals surface area contributed by atoms with Crippen LogP contribution in [0.2, 0.25) is 0 Å². The molecule has 0 bridgehead atoms. The Hall–Kier alpha value is -3.26. The second kappa shape index (κ2) is 6.48. The number of benzene rings is 2. The zero-order valence-corrected chi connectivity index (χ0v) is 15.4. The van der Waals surface area contributed by atoms with Crippen molar-refractivity contribution in [1.29, 1.82) is 0 Å². The predicted molar refractivity (Wildman–Crippen MR) is 98.8 cm³/mol. The van der Waals surface area contributed by atoms with E-state index in [1.54, 1.807) is 43.5 Å². The number of nitrogens with zero attached hydrogens (tertiary/aromatic N) is 3. The smallest absolute Gasteiger partial charge is 0.341 e. The SMILES string of the molecule is Cc1cnc2c(S(=O)(=O)Oc3ccc(-c4noc(C)n4)cc3)cccc2c1. The maximum Gasteiger partial charge on any atom is 0.341 e. The first-order chi connectivity index (χ1) is 12.9. The number of hydrogen-bond donors (Lipinski definition) is 0. The number of rotatable bonds is 4. The van der Waals surface area contributed by atoms with Crippen LogP contribution in [0.3, 0.4) is 0 Å². The zero-order valence-electron chi connectivity index (χ0n) is 14.6. The molecule has 136 valence electrons. The van der Waals surface area contributed by atoms with Gasteiger partial charge in [0.15, 0.2) is 0 Å². The van der Waals surface area contributed by atoms with Crippen LogP contribution in [0.25, 0.3) is 22.3 Å². The summed E-state index contributed by atoms with van der Waals surface area (Å²) in [7, 11) is -4.04. The summed E-state index contributed by atoms with van der Waals surface area (Å²) in [5, 5.41) is 4.56. The molecule has 0 aliphatic heterocycles. The fourth-order valence-electron chi connectivity index (χ4n) is 2.69. The van der Waals surface area contributed by atoms with Crippen molar-refractivity contribution in [1.82, 2.24) is 15.1 Å². The minimum Gasteiger partial charge on any atom is -0.379 e. The van der Waals surface area contributed by atoms with E-state index in [1.807, 2.05) is 19.1 Å². The van der Waals surface area contributed by atoms with Crippen molar-refractivity contribution >= 4 is 21.0 Å². The lowest BCUT2D eigenvalue weighted by Gasteiger charge is -2.09. The van der Waals surface area contributed by atoms with Gasteiger partial charge in [0.2, 0.25) is 11.7 Å². The number of hydrogen-bond acceptors (Lipinski definition) is 7. The fraction of sp³-hybridized carbons (Fsp3) is 0.105. The molecule has 4 aromatic rings. The van der Waals surface area contributed by atoms with Gasteiger partial charge < -0.3 is 8.71 Å². The van der Waals surface area contributed by atoms with Crippen molar-refractivity contribution in [2.45, 2.75) is 18.7 Å². The molecule has 0 N–H and O–H groups in total. The second-order valence-corrected chi connectivity index (χ2v) is 7.55. The summed E-state index contributed by atoms with van der Waals surface area (Å²) in [5.41, 5.74) is 2.02. The third-order valence-corrected chi connectivity index (χ3v) is 5.21. The quantitative estimate of drug-likeness (QED) is 0.498. The molecular formula is C19H15N3O4S. The molecule has 2 heterocycles. The number of para-hydroxylation sites is 1. The molecule has 0 unspecified atom stereocenters. The second-order valence-electron chi connectivity index (χ2n) is 6.04. The lowest BCUT2D eigenvalue weighted by Crippen LogP contribution is -2.10. The molecule has 0 saturated carbocycles. The molecule has 0 fully saturated rings. The van der Waals surface area contributed by atoms with Crippen LogP contribution in [0.4, 0.5) is 0 Å².